The zero-order valence-corrected chi connectivity index (χ0v) is 13.8. The Hall–Kier alpha value is -0.730. The molecule has 20 heavy (non-hydrogen) atoms. The Labute approximate surface area is 127 Å². The molecule has 2 nitrogen and oxygen atoms in total. The lowest BCUT2D eigenvalue weighted by molar-refractivity contribution is 0.0845. The van der Waals surface area contributed by atoms with Crippen molar-refractivity contribution in [3.63, 3.8) is 0 Å². The van der Waals surface area contributed by atoms with Gasteiger partial charge in [-0.2, -0.15) is 0 Å². The number of benzene rings is 1. The fourth-order valence-corrected chi connectivity index (χ4v) is 3.03. The van der Waals surface area contributed by atoms with Crippen molar-refractivity contribution in [3.05, 3.63) is 28.3 Å². The van der Waals surface area contributed by atoms with Crippen molar-refractivity contribution >= 4 is 11.6 Å². The van der Waals surface area contributed by atoms with Crippen LogP contribution in [0.4, 0.5) is 0 Å². The highest BCUT2D eigenvalue weighted by Gasteiger charge is 2.30. The molecule has 3 heteroatoms. The Morgan fingerprint density at radius 2 is 2.05 bits per heavy atom. The van der Waals surface area contributed by atoms with Gasteiger partial charge in [0.25, 0.3) is 0 Å². The largest absolute Gasteiger partial charge is 0.490 e. The van der Waals surface area contributed by atoms with Gasteiger partial charge < -0.3 is 10.1 Å². The molecule has 0 unspecified atom stereocenters. The second-order valence-electron chi connectivity index (χ2n) is 6.16. The van der Waals surface area contributed by atoms with Crippen LogP contribution in [-0.4, -0.2) is 18.7 Å². The molecule has 0 aromatic heterocycles. The predicted molar refractivity (Wildman–Crippen MR) is 86.0 cm³/mol. The third-order valence-corrected chi connectivity index (χ3v) is 4.32. The Morgan fingerprint density at radius 3 is 2.65 bits per heavy atom. The lowest BCUT2D eigenvalue weighted by Gasteiger charge is -2.36. The van der Waals surface area contributed by atoms with Crippen LogP contribution in [0.2, 0.25) is 5.02 Å². The standard InChI is InChI=1S/C17H26ClNO/c1-5-6-19-13-8-14(9-13)20-17-10-15(11(2)3)16(18)7-12(17)4/h7,10-11,13-14,19H,5-6,8-9H2,1-4H3. The van der Waals surface area contributed by atoms with Crippen LogP contribution >= 0.6 is 11.6 Å². The molecule has 0 atom stereocenters. The molecule has 1 aromatic rings. The minimum atomic E-state index is 0.351. The fraction of sp³-hybridized carbons (Fsp3) is 0.647. The van der Waals surface area contributed by atoms with Crippen molar-refractivity contribution in [2.75, 3.05) is 6.54 Å². The van der Waals surface area contributed by atoms with Crippen molar-refractivity contribution in [2.45, 2.75) is 65.0 Å². The summed E-state index contributed by atoms with van der Waals surface area (Å²) in [6.45, 7) is 9.69. The molecule has 0 radical (unpaired) electrons. The Balaban J connectivity index is 1.95. The number of nitrogens with one attached hydrogen (secondary N) is 1. The summed E-state index contributed by atoms with van der Waals surface area (Å²) in [5, 5.41) is 4.38. The summed E-state index contributed by atoms with van der Waals surface area (Å²) in [7, 11) is 0. The number of hydrogen-bond acceptors (Lipinski definition) is 2. The Kier molecular flexibility index (Phi) is 5.34. The first-order chi connectivity index (χ1) is 9.51. The van der Waals surface area contributed by atoms with Crippen LogP contribution in [-0.2, 0) is 0 Å². The van der Waals surface area contributed by atoms with E-state index in [0.717, 1.165) is 35.7 Å². The van der Waals surface area contributed by atoms with Crippen LogP contribution in [0.1, 0.15) is 57.1 Å². The number of rotatable bonds is 6. The van der Waals surface area contributed by atoms with Crippen LogP contribution in [0.25, 0.3) is 0 Å². The molecule has 0 amide bonds. The van der Waals surface area contributed by atoms with Gasteiger partial charge in [-0.25, -0.2) is 0 Å². The van der Waals surface area contributed by atoms with Gasteiger partial charge in [0.05, 0.1) is 0 Å². The third kappa shape index (κ3) is 3.67. The van der Waals surface area contributed by atoms with E-state index in [2.05, 4.69) is 39.1 Å². The predicted octanol–water partition coefficient (Wildman–Crippen LogP) is 4.68. The summed E-state index contributed by atoms with van der Waals surface area (Å²) >= 11 is 6.30. The normalized spacial score (nSPS) is 21.9. The number of ether oxygens (including phenoxy) is 1. The lowest BCUT2D eigenvalue weighted by Crippen LogP contribution is -2.47. The van der Waals surface area contributed by atoms with E-state index in [9.17, 15) is 0 Å². The van der Waals surface area contributed by atoms with E-state index in [-0.39, 0.29) is 0 Å². The van der Waals surface area contributed by atoms with Crippen LogP contribution in [0.3, 0.4) is 0 Å². The number of hydrogen-bond donors (Lipinski definition) is 1. The van der Waals surface area contributed by atoms with E-state index >= 15 is 0 Å². The maximum atomic E-state index is 6.30. The minimum absolute atomic E-state index is 0.351. The van der Waals surface area contributed by atoms with E-state index in [1.807, 2.05) is 6.07 Å². The molecule has 0 spiro atoms. The summed E-state index contributed by atoms with van der Waals surface area (Å²) in [6.07, 6.45) is 3.76. The molecule has 0 aliphatic heterocycles. The van der Waals surface area contributed by atoms with Crippen molar-refractivity contribution in [3.8, 4) is 5.75 Å². The van der Waals surface area contributed by atoms with Crippen LogP contribution in [0, 0.1) is 6.92 Å². The maximum absolute atomic E-state index is 6.30. The lowest BCUT2D eigenvalue weighted by atomic mass is 9.89. The zero-order chi connectivity index (χ0) is 14.7. The molecule has 0 bridgehead atoms. The monoisotopic (exact) mass is 295 g/mol. The highest BCUT2D eigenvalue weighted by atomic mass is 35.5. The van der Waals surface area contributed by atoms with Crippen LogP contribution in [0.5, 0.6) is 5.75 Å². The smallest absolute Gasteiger partial charge is 0.123 e. The highest BCUT2D eigenvalue weighted by molar-refractivity contribution is 6.31. The first-order valence-electron chi connectivity index (χ1n) is 7.71. The fourth-order valence-electron chi connectivity index (χ4n) is 2.59. The van der Waals surface area contributed by atoms with Gasteiger partial charge in [-0.3, -0.25) is 0 Å². The molecule has 1 aliphatic carbocycles. The summed E-state index contributed by atoms with van der Waals surface area (Å²) < 4.78 is 6.14. The maximum Gasteiger partial charge on any atom is 0.123 e. The third-order valence-electron chi connectivity index (χ3n) is 3.99. The van der Waals surface area contributed by atoms with E-state index in [1.165, 1.54) is 12.0 Å². The molecule has 1 saturated carbocycles. The van der Waals surface area contributed by atoms with Gasteiger partial charge in [0.1, 0.15) is 11.9 Å². The molecule has 0 heterocycles. The molecule has 0 saturated heterocycles. The minimum Gasteiger partial charge on any atom is -0.490 e. The van der Waals surface area contributed by atoms with E-state index in [1.54, 1.807) is 0 Å². The van der Waals surface area contributed by atoms with Gasteiger partial charge in [-0.15, -0.1) is 0 Å². The zero-order valence-electron chi connectivity index (χ0n) is 13.0. The van der Waals surface area contributed by atoms with Crippen LogP contribution < -0.4 is 10.1 Å². The molecule has 1 N–H and O–H groups in total. The van der Waals surface area contributed by atoms with Crippen LogP contribution in [0.15, 0.2) is 12.1 Å². The van der Waals surface area contributed by atoms with Gasteiger partial charge >= 0.3 is 0 Å². The second kappa shape index (κ2) is 6.82. The molecule has 2 rings (SSSR count). The van der Waals surface area contributed by atoms with Crippen molar-refractivity contribution in [1.29, 1.82) is 0 Å². The van der Waals surface area contributed by atoms with E-state index < -0.39 is 0 Å². The van der Waals surface area contributed by atoms with Gasteiger partial charge in [0.2, 0.25) is 0 Å². The van der Waals surface area contributed by atoms with Gasteiger partial charge in [-0.1, -0.05) is 32.4 Å². The average molecular weight is 296 g/mol. The van der Waals surface area contributed by atoms with E-state index in [4.69, 9.17) is 16.3 Å². The van der Waals surface area contributed by atoms with Gasteiger partial charge in [0.15, 0.2) is 0 Å². The summed E-state index contributed by atoms with van der Waals surface area (Å²) in [4.78, 5) is 0. The highest BCUT2D eigenvalue weighted by Crippen LogP contribution is 2.34. The average Bonchev–Trinajstić information content (AvgIpc) is 2.33. The summed E-state index contributed by atoms with van der Waals surface area (Å²) in [6, 6.07) is 4.78. The summed E-state index contributed by atoms with van der Waals surface area (Å²) in [5.74, 6) is 1.42. The first kappa shape index (κ1) is 15.7. The number of halogens is 1. The SMILES string of the molecule is CCCNC1CC(Oc2cc(C(C)C)c(Cl)cc2C)C1. The van der Waals surface area contributed by atoms with Crippen molar-refractivity contribution in [1.82, 2.24) is 5.32 Å². The number of aryl methyl sites for hydroxylation is 1. The van der Waals surface area contributed by atoms with Gasteiger partial charge in [-0.05, 0) is 61.9 Å². The summed E-state index contributed by atoms with van der Waals surface area (Å²) in [5.41, 5.74) is 2.30. The van der Waals surface area contributed by atoms with Crippen molar-refractivity contribution in [2.24, 2.45) is 0 Å². The molecule has 1 fully saturated rings. The Bertz CT molecular complexity index is 453. The molecule has 112 valence electrons. The molecule has 1 aliphatic rings. The second-order valence-corrected chi connectivity index (χ2v) is 6.56. The van der Waals surface area contributed by atoms with Gasteiger partial charge in [0, 0.05) is 11.1 Å². The molecular weight excluding hydrogens is 270 g/mol. The first-order valence-corrected chi connectivity index (χ1v) is 8.09. The Morgan fingerprint density at radius 1 is 1.35 bits per heavy atom. The topological polar surface area (TPSA) is 21.3 Å². The quantitative estimate of drug-likeness (QED) is 0.822. The molecular formula is C17H26ClNO. The van der Waals surface area contributed by atoms with E-state index in [0.29, 0.717) is 18.1 Å². The molecule has 1 aromatic carbocycles. The van der Waals surface area contributed by atoms with Crippen molar-refractivity contribution < 1.29 is 4.74 Å².